The SMILES string of the molecule is O=C(O)c1cccc(-c2cccc(S(=O)(=O)N3CCCC3)c2)c1. The molecule has 2 aromatic rings. The molecule has 6 heteroatoms. The van der Waals surface area contributed by atoms with E-state index in [0.29, 0.717) is 24.2 Å². The maximum Gasteiger partial charge on any atom is 0.335 e. The zero-order valence-electron chi connectivity index (χ0n) is 12.5. The molecular formula is C17H17NO4S. The van der Waals surface area contributed by atoms with Gasteiger partial charge in [-0.1, -0.05) is 24.3 Å². The second-order valence-corrected chi connectivity index (χ2v) is 7.46. The Kier molecular flexibility index (Phi) is 4.19. The number of rotatable bonds is 4. The third-order valence-corrected chi connectivity index (χ3v) is 5.87. The zero-order valence-corrected chi connectivity index (χ0v) is 13.3. The van der Waals surface area contributed by atoms with E-state index in [1.807, 2.05) is 0 Å². The van der Waals surface area contributed by atoms with Gasteiger partial charge in [0, 0.05) is 13.1 Å². The molecule has 3 rings (SSSR count). The van der Waals surface area contributed by atoms with Crippen molar-refractivity contribution < 1.29 is 18.3 Å². The summed E-state index contributed by atoms with van der Waals surface area (Å²) in [7, 11) is -3.48. The lowest BCUT2D eigenvalue weighted by Crippen LogP contribution is -2.27. The van der Waals surface area contributed by atoms with Crippen LogP contribution in [0.5, 0.6) is 0 Å². The van der Waals surface area contributed by atoms with E-state index in [0.717, 1.165) is 12.8 Å². The lowest BCUT2D eigenvalue weighted by Gasteiger charge is -2.16. The molecule has 0 atom stereocenters. The van der Waals surface area contributed by atoms with E-state index in [1.54, 1.807) is 42.5 Å². The van der Waals surface area contributed by atoms with Crippen molar-refractivity contribution in [3.63, 3.8) is 0 Å². The lowest BCUT2D eigenvalue weighted by atomic mass is 10.0. The number of carbonyl (C=O) groups is 1. The Morgan fingerprint density at radius 2 is 1.57 bits per heavy atom. The predicted molar refractivity (Wildman–Crippen MR) is 86.8 cm³/mol. The molecule has 0 saturated carbocycles. The molecular weight excluding hydrogens is 314 g/mol. The number of hydrogen-bond donors (Lipinski definition) is 1. The van der Waals surface area contributed by atoms with Gasteiger partial charge in [0.2, 0.25) is 10.0 Å². The van der Waals surface area contributed by atoms with Gasteiger partial charge in [-0.25, -0.2) is 13.2 Å². The summed E-state index contributed by atoms with van der Waals surface area (Å²) in [4.78, 5) is 11.3. The summed E-state index contributed by atoms with van der Waals surface area (Å²) in [6, 6.07) is 13.1. The van der Waals surface area contributed by atoms with Crippen LogP contribution >= 0.6 is 0 Å². The average molecular weight is 331 g/mol. The van der Waals surface area contributed by atoms with E-state index in [2.05, 4.69) is 0 Å². The van der Waals surface area contributed by atoms with E-state index >= 15 is 0 Å². The molecule has 120 valence electrons. The summed E-state index contributed by atoms with van der Waals surface area (Å²) < 4.78 is 26.7. The second-order valence-electron chi connectivity index (χ2n) is 5.52. The molecule has 0 spiro atoms. The van der Waals surface area contributed by atoms with Gasteiger partial charge in [-0.05, 0) is 48.2 Å². The molecule has 1 heterocycles. The van der Waals surface area contributed by atoms with Crippen LogP contribution in [0.25, 0.3) is 11.1 Å². The van der Waals surface area contributed by atoms with Crippen molar-refractivity contribution in [1.82, 2.24) is 4.31 Å². The monoisotopic (exact) mass is 331 g/mol. The molecule has 0 aliphatic carbocycles. The van der Waals surface area contributed by atoms with Crippen LogP contribution in [-0.4, -0.2) is 36.9 Å². The fourth-order valence-corrected chi connectivity index (χ4v) is 4.31. The van der Waals surface area contributed by atoms with Crippen molar-refractivity contribution in [2.45, 2.75) is 17.7 Å². The maximum atomic E-state index is 12.6. The molecule has 1 fully saturated rings. The largest absolute Gasteiger partial charge is 0.478 e. The van der Waals surface area contributed by atoms with Crippen molar-refractivity contribution in [2.24, 2.45) is 0 Å². The van der Waals surface area contributed by atoms with Crippen LogP contribution in [0.3, 0.4) is 0 Å². The predicted octanol–water partition coefficient (Wildman–Crippen LogP) is 2.84. The molecule has 0 bridgehead atoms. The Hall–Kier alpha value is -2.18. The Morgan fingerprint density at radius 3 is 2.22 bits per heavy atom. The summed E-state index contributed by atoms with van der Waals surface area (Å²) in [5, 5.41) is 9.08. The van der Waals surface area contributed by atoms with Crippen LogP contribution in [0.15, 0.2) is 53.4 Å². The van der Waals surface area contributed by atoms with E-state index in [4.69, 9.17) is 5.11 Å². The highest BCUT2D eigenvalue weighted by atomic mass is 32.2. The van der Waals surface area contributed by atoms with Crippen LogP contribution in [0.1, 0.15) is 23.2 Å². The van der Waals surface area contributed by atoms with Crippen LogP contribution < -0.4 is 0 Å². The first-order valence-electron chi connectivity index (χ1n) is 7.42. The summed E-state index contributed by atoms with van der Waals surface area (Å²) in [5.41, 5.74) is 1.55. The molecule has 23 heavy (non-hydrogen) atoms. The third kappa shape index (κ3) is 3.13. The smallest absolute Gasteiger partial charge is 0.335 e. The highest BCUT2D eigenvalue weighted by Crippen LogP contribution is 2.26. The first-order valence-corrected chi connectivity index (χ1v) is 8.86. The van der Waals surface area contributed by atoms with Crippen LogP contribution in [0, 0.1) is 0 Å². The van der Waals surface area contributed by atoms with Gasteiger partial charge in [-0.2, -0.15) is 4.31 Å². The van der Waals surface area contributed by atoms with Gasteiger partial charge in [0.25, 0.3) is 0 Å². The minimum Gasteiger partial charge on any atom is -0.478 e. The van der Waals surface area contributed by atoms with Gasteiger partial charge in [-0.3, -0.25) is 0 Å². The fourth-order valence-electron chi connectivity index (χ4n) is 2.75. The molecule has 1 aliphatic heterocycles. The number of sulfonamides is 1. The molecule has 0 amide bonds. The fraction of sp³-hybridized carbons (Fsp3) is 0.235. The topological polar surface area (TPSA) is 74.7 Å². The van der Waals surface area contributed by atoms with E-state index in [9.17, 15) is 13.2 Å². The number of carboxylic acids is 1. The van der Waals surface area contributed by atoms with Crippen LogP contribution in [0.4, 0.5) is 0 Å². The molecule has 1 N–H and O–H groups in total. The van der Waals surface area contributed by atoms with Gasteiger partial charge >= 0.3 is 5.97 Å². The molecule has 2 aromatic carbocycles. The standard InChI is InChI=1S/C17H17NO4S/c19-17(20)15-7-3-5-13(11-15)14-6-4-8-16(12-14)23(21,22)18-9-1-2-10-18/h3-8,11-12H,1-2,9-10H2,(H,19,20). The Morgan fingerprint density at radius 1 is 0.957 bits per heavy atom. The first-order chi connectivity index (χ1) is 11.0. The molecule has 1 saturated heterocycles. The minimum absolute atomic E-state index is 0.176. The summed E-state index contributed by atoms with van der Waals surface area (Å²) >= 11 is 0. The van der Waals surface area contributed by atoms with Crippen molar-refractivity contribution in [3.05, 3.63) is 54.1 Å². The number of carboxylic acid groups (broad SMARTS) is 1. The zero-order chi connectivity index (χ0) is 16.4. The van der Waals surface area contributed by atoms with Crippen LogP contribution in [0.2, 0.25) is 0 Å². The van der Waals surface area contributed by atoms with Crippen molar-refractivity contribution in [3.8, 4) is 11.1 Å². The second kappa shape index (κ2) is 6.14. The molecule has 0 unspecified atom stereocenters. The Balaban J connectivity index is 2.00. The van der Waals surface area contributed by atoms with Crippen molar-refractivity contribution >= 4 is 16.0 Å². The highest BCUT2D eigenvalue weighted by Gasteiger charge is 2.27. The summed E-state index contributed by atoms with van der Waals surface area (Å²) in [5.74, 6) is -1.01. The number of aromatic carboxylic acids is 1. The van der Waals surface area contributed by atoms with E-state index in [-0.39, 0.29) is 10.5 Å². The summed E-state index contributed by atoms with van der Waals surface area (Å²) in [6.45, 7) is 1.11. The van der Waals surface area contributed by atoms with Crippen molar-refractivity contribution in [1.29, 1.82) is 0 Å². The quantitative estimate of drug-likeness (QED) is 0.935. The van der Waals surface area contributed by atoms with Gasteiger partial charge in [0.1, 0.15) is 0 Å². The average Bonchev–Trinajstić information content (AvgIpc) is 3.10. The van der Waals surface area contributed by atoms with Crippen LogP contribution in [-0.2, 0) is 10.0 Å². The summed E-state index contributed by atoms with van der Waals surface area (Å²) in [6.07, 6.45) is 1.78. The normalized spacial score (nSPS) is 15.7. The number of hydrogen-bond acceptors (Lipinski definition) is 3. The highest BCUT2D eigenvalue weighted by molar-refractivity contribution is 7.89. The Labute approximate surface area is 135 Å². The number of nitrogens with zero attached hydrogens (tertiary/aromatic N) is 1. The van der Waals surface area contributed by atoms with Gasteiger partial charge in [0.15, 0.2) is 0 Å². The molecule has 1 aliphatic rings. The maximum absolute atomic E-state index is 12.6. The van der Waals surface area contributed by atoms with Gasteiger partial charge in [-0.15, -0.1) is 0 Å². The van der Waals surface area contributed by atoms with E-state index < -0.39 is 16.0 Å². The number of benzene rings is 2. The Bertz CT molecular complexity index is 839. The van der Waals surface area contributed by atoms with Gasteiger partial charge in [0.05, 0.1) is 10.5 Å². The molecule has 0 radical (unpaired) electrons. The van der Waals surface area contributed by atoms with Crippen molar-refractivity contribution in [2.75, 3.05) is 13.1 Å². The lowest BCUT2D eigenvalue weighted by molar-refractivity contribution is 0.0697. The van der Waals surface area contributed by atoms with E-state index in [1.165, 1.54) is 10.4 Å². The first kappa shape index (κ1) is 15.7. The minimum atomic E-state index is -3.48. The van der Waals surface area contributed by atoms with Gasteiger partial charge < -0.3 is 5.11 Å². The third-order valence-electron chi connectivity index (χ3n) is 3.98. The molecule has 5 nitrogen and oxygen atoms in total. The molecule has 0 aromatic heterocycles.